The Morgan fingerprint density at radius 3 is 1.32 bits per heavy atom. The third-order valence-electron chi connectivity index (χ3n) is 4.47. The molecule has 2 nitrogen and oxygen atoms in total. The van der Waals surface area contributed by atoms with E-state index in [1.54, 1.807) is 0 Å². The summed E-state index contributed by atoms with van der Waals surface area (Å²) in [7, 11) is -2.35. The lowest BCUT2D eigenvalue weighted by Crippen LogP contribution is -2.36. The van der Waals surface area contributed by atoms with Gasteiger partial charge in [-0.15, -0.1) is 0 Å². The molecule has 0 aliphatic heterocycles. The Kier molecular flexibility index (Phi) is 7.01. The number of hydrogen-bond donors (Lipinski definition) is 0. The highest BCUT2D eigenvalue weighted by Crippen LogP contribution is 2.55. The maximum Gasteiger partial charge on any atom is 0.345 e. The van der Waals surface area contributed by atoms with Gasteiger partial charge >= 0.3 is 5.97 Å². The van der Waals surface area contributed by atoms with Crippen LogP contribution in [0.25, 0.3) is 0 Å². The fourth-order valence-corrected chi connectivity index (χ4v) is 7.48. The van der Waals surface area contributed by atoms with Crippen LogP contribution in [0.5, 0.6) is 0 Å². The molecule has 0 aliphatic carbocycles. The van der Waals surface area contributed by atoms with Crippen molar-refractivity contribution in [3.8, 4) is 0 Å². The molecule has 0 spiro atoms. The first-order valence-electron chi connectivity index (χ1n) is 8.78. The van der Waals surface area contributed by atoms with E-state index in [0.29, 0.717) is 21.7 Å². The van der Waals surface area contributed by atoms with E-state index in [1.807, 2.05) is 79.7 Å². The second-order valence-electron chi connectivity index (χ2n) is 6.20. The van der Waals surface area contributed by atoms with Crippen molar-refractivity contribution in [1.29, 1.82) is 0 Å². The summed E-state index contributed by atoms with van der Waals surface area (Å²) in [5.74, 6) is -0.240. The summed E-state index contributed by atoms with van der Waals surface area (Å²) in [5, 5.41) is 5.04. The van der Waals surface area contributed by atoms with Crippen LogP contribution in [0.4, 0.5) is 0 Å². The van der Waals surface area contributed by atoms with Crippen molar-refractivity contribution >= 4 is 63.9 Å². The highest BCUT2D eigenvalue weighted by atomic mass is 35.5. The van der Waals surface area contributed by atoms with Crippen molar-refractivity contribution in [1.82, 2.24) is 0 Å². The van der Waals surface area contributed by atoms with Gasteiger partial charge in [-0.3, -0.25) is 0 Å². The van der Waals surface area contributed by atoms with Gasteiger partial charge < -0.3 is 4.74 Å². The smallest absolute Gasteiger partial charge is 0.345 e. The second-order valence-corrected chi connectivity index (χ2v) is 11.0. The Hall–Kier alpha value is -1.57. The lowest BCUT2D eigenvalue weighted by Gasteiger charge is -2.27. The predicted molar refractivity (Wildman–Crippen MR) is 122 cm³/mol. The van der Waals surface area contributed by atoms with E-state index in [0.717, 1.165) is 15.9 Å². The molecule has 0 aliphatic rings. The average Bonchev–Trinajstić information content (AvgIpc) is 2.68. The predicted octanol–water partition coefficient (Wildman–Crippen LogP) is 5.50. The highest BCUT2D eigenvalue weighted by Gasteiger charge is 2.48. The molecule has 0 N–H and O–H groups in total. The largest absolute Gasteiger partial charge is 0.463 e. The zero-order chi connectivity index (χ0) is 20.1. The number of benzene rings is 3. The number of rotatable bonds is 6. The first-order valence-corrected chi connectivity index (χ1v) is 11.9. The van der Waals surface area contributed by atoms with E-state index in [2.05, 4.69) is 0 Å². The second kappa shape index (κ2) is 9.29. The molecular weight excluding hydrogens is 434 g/mol. The van der Waals surface area contributed by atoms with Gasteiger partial charge in [-0.1, -0.05) is 34.8 Å². The minimum absolute atomic E-state index is 0.240. The molecule has 144 valence electrons. The van der Waals surface area contributed by atoms with Crippen LogP contribution in [0.3, 0.4) is 0 Å². The third kappa shape index (κ3) is 4.53. The van der Waals surface area contributed by atoms with Gasteiger partial charge in [0, 0.05) is 15.1 Å². The van der Waals surface area contributed by atoms with Crippen LogP contribution in [0.2, 0.25) is 15.1 Å². The number of hydrogen-bond acceptors (Lipinski definition) is 2. The Bertz CT molecular complexity index is 828. The van der Waals surface area contributed by atoms with Gasteiger partial charge in [0.2, 0.25) is 0 Å². The summed E-state index contributed by atoms with van der Waals surface area (Å²) in [5.41, 5.74) is 0. The lowest BCUT2D eigenvalue weighted by molar-refractivity contribution is -0.139. The Labute approximate surface area is 180 Å². The summed E-state index contributed by atoms with van der Waals surface area (Å²) in [6.45, 7) is 2.14. The maximum atomic E-state index is 12.7. The van der Waals surface area contributed by atoms with Crippen molar-refractivity contribution in [2.75, 3.05) is 12.8 Å². The lowest BCUT2D eigenvalue weighted by atomic mass is 10.3. The van der Waals surface area contributed by atoms with Gasteiger partial charge in [0.25, 0.3) is 0 Å². The molecular formula is C22H19Cl3O2P+. The van der Waals surface area contributed by atoms with Gasteiger partial charge in [0.05, 0.1) is 6.61 Å². The van der Waals surface area contributed by atoms with Crippen LogP contribution in [-0.4, -0.2) is 18.7 Å². The topological polar surface area (TPSA) is 26.3 Å². The first-order chi connectivity index (χ1) is 13.5. The van der Waals surface area contributed by atoms with Gasteiger partial charge in [-0.25, -0.2) is 4.79 Å². The number of ether oxygens (including phenoxy) is 1. The quantitative estimate of drug-likeness (QED) is 0.364. The molecule has 3 aromatic rings. The van der Waals surface area contributed by atoms with Gasteiger partial charge in [0.15, 0.2) is 6.16 Å². The highest BCUT2D eigenvalue weighted by molar-refractivity contribution is 7.96. The molecule has 0 unspecified atom stereocenters. The molecule has 3 aromatic carbocycles. The van der Waals surface area contributed by atoms with Crippen molar-refractivity contribution in [3.05, 3.63) is 87.9 Å². The molecule has 0 amide bonds. The van der Waals surface area contributed by atoms with Crippen LogP contribution in [0.15, 0.2) is 72.8 Å². The van der Waals surface area contributed by atoms with E-state index in [1.165, 1.54) is 0 Å². The number of esters is 1. The Balaban J connectivity index is 2.29. The summed E-state index contributed by atoms with van der Waals surface area (Å²) in [6, 6.07) is 23.0. The molecule has 28 heavy (non-hydrogen) atoms. The zero-order valence-corrected chi connectivity index (χ0v) is 18.4. The maximum absolute atomic E-state index is 12.7. The molecule has 0 aromatic heterocycles. The monoisotopic (exact) mass is 451 g/mol. The van der Waals surface area contributed by atoms with E-state index in [4.69, 9.17) is 39.5 Å². The van der Waals surface area contributed by atoms with Crippen LogP contribution in [-0.2, 0) is 9.53 Å². The molecule has 0 heterocycles. The Morgan fingerprint density at radius 1 is 0.714 bits per heavy atom. The molecule has 6 heteroatoms. The molecule has 0 saturated carbocycles. The van der Waals surface area contributed by atoms with Gasteiger partial charge in [-0.05, 0) is 79.7 Å². The number of halogens is 3. The molecule has 0 bridgehead atoms. The average molecular weight is 453 g/mol. The van der Waals surface area contributed by atoms with Crippen molar-refractivity contribution < 1.29 is 9.53 Å². The van der Waals surface area contributed by atoms with Crippen LogP contribution in [0, 0.1) is 0 Å². The van der Waals surface area contributed by atoms with Gasteiger partial charge in [0.1, 0.15) is 23.2 Å². The van der Waals surface area contributed by atoms with Crippen LogP contribution < -0.4 is 15.9 Å². The molecule has 0 atom stereocenters. The van der Waals surface area contributed by atoms with E-state index in [-0.39, 0.29) is 12.1 Å². The Morgan fingerprint density at radius 2 is 1.04 bits per heavy atom. The standard InChI is InChI=1S/C22H19Cl3O2P/c1-2-27-22(26)15-28(19-9-3-16(23)4-10-19,20-11-5-17(24)6-12-20)21-13-7-18(25)8-14-21/h3-14H,2,15H2,1H3/q+1. The number of carbonyl (C=O) groups is 1. The summed E-state index contributed by atoms with van der Waals surface area (Å²) < 4.78 is 5.34. The fraction of sp³-hybridized carbons (Fsp3) is 0.136. The normalized spacial score (nSPS) is 11.3. The molecule has 3 rings (SSSR count). The summed E-state index contributed by atoms with van der Waals surface area (Å²) >= 11 is 18.4. The summed E-state index contributed by atoms with van der Waals surface area (Å²) in [6.07, 6.45) is 0.242. The third-order valence-corrected chi connectivity index (χ3v) is 9.50. The molecule has 0 radical (unpaired) electrons. The SMILES string of the molecule is CCOC(=O)C[P+](c1ccc(Cl)cc1)(c1ccc(Cl)cc1)c1ccc(Cl)cc1. The minimum atomic E-state index is -2.35. The zero-order valence-electron chi connectivity index (χ0n) is 15.2. The number of carbonyl (C=O) groups excluding carboxylic acids is 1. The molecule has 0 fully saturated rings. The van der Waals surface area contributed by atoms with Crippen molar-refractivity contribution in [2.45, 2.75) is 6.92 Å². The van der Waals surface area contributed by atoms with Crippen LogP contribution in [0.1, 0.15) is 6.92 Å². The van der Waals surface area contributed by atoms with Crippen LogP contribution >= 0.6 is 42.1 Å². The van der Waals surface area contributed by atoms with E-state index >= 15 is 0 Å². The minimum Gasteiger partial charge on any atom is -0.463 e. The summed E-state index contributed by atoms with van der Waals surface area (Å²) in [4.78, 5) is 12.7. The van der Waals surface area contributed by atoms with E-state index < -0.39 is 7.26 Å². The fourth-order valence-electron chi connectivity index (χ4n) is 3.21. The molecule has 0 saturated heterocycles. The van der Waals surface area contributed by atoms with Crippen molar-refractivity contribution in [2.24, 2.45) is 0 Å². The van der Waals surface area contributed by atoms with Crippen molar-refractivity contribution in [3.63, 3.8) is 0 Å². The van der Waals surface area contributed by atoms with E-state index in [9.17, 15) is 4.79 Å². The first kappa shape index (κ1) is 21.1. The van der Waals surface area contributed by atoms with Gasteiger partial charge in [-0.2, -0.15) is 0 Å².